The highest BCUT2D eigenvalue weighted by Crippen LogP contribution is 2.22. The standard InChI is InChI=1S/C13H18O2/c1-5-12-8(2)6-11(7-13(14)15)9(3)10(12)4/h6H,5,7H2,1-4H3,(H,14,15). The topological polar surface area (TPSA) is 37.3 Å². The van der Waals surface area contributed by atoms with Crippen molar-refractivity contribution in [1.82, 2.24) is 0 Å². The second-order valence-electron chi connectivity index (χ2n) is 4.01. The van der Waals surface area contributed by atoms with Crippen LogP contribution in [0.1, 0.15) is 34.7 Å². The number of benzene rings is 1. The molecule has 15 heavy (non-hydrogen) atoms. The molecule has 0 spiro atoms. The summed E-state index contributed by atoms with van der Waals surface area (Å²) in [4.78, 5) is 10.7. The van der Waals surface area contributed by atoms with Gasteiger partial charge in [0.05, 0.1) is 6.42 Å². The maximum Gasteiger partial charge on any atom is 0.307 e. The molecule has 0 amide bonds. The van der Waals surface area contributed by atoms with Crippen LogP contribution in [0.3, 0.4) is 0 Å². The average molecular weight is 206 g/mol. The van der Waals surface area contributed by atoms with E-state index in [1.54, 1.807) is 0 Å². The summed E-state index contributed by atoms with van der Waals surface area (Å²) in [5.74, 6) is -0.763. The molecule has 0 heterocycles. The molecule has 1 aromatic rings. The van der Waals surface area contributed by atoms with E-state index in [2.05, 4.69) is 20.8 Å². The van der Waals surface area contributed by atoms with Crippen LogP contribution in [0.5, 0.6) is 0 Å². The van der Waals surface area contributed by atoms with Crippen LogP contribution in [0.2, 0.25) is 0 Å². The van der Waals surface area contributed by atoms with E-state index >= 15 is 0 Å². The normalized spacial score (nSPS) is 10.4. The van der Waals surface area contributed by atoms with Gasteiger partial charge in [-0.05, 0) is 55.0 Å². The Bertz CT molecular complexity index is 392. The summed E-state index contributed by atoms with van der Waals surface area (Å²) >= 11 is 0. The number of aliphatic carboxylic acids is 1. The van der Waals surface area contributed by atoms with Crippen LogP contribution in [-0.2, 0) is 17.6 Å². The van der Waals surface area contributed by atoms with Crippen molar-refractivity contribution in [3.05, 3.63) is 33.9 Å². The largest absolute Gasteiger partial charge is 0.481 e. The summed E-state index contributed by atoms with van der Waals surface area (Å²) < 4.78 is 0. The van der Waals surface area contributed by atoms with E-state index in [0.29, 0.717) is 0 Å². The first-order valence-corrected chi connectivity index (χ1v) is 5.27. The molecule has 0 saturated carbocycles. The number of hydrogen-bond acceptors (Lipinski definition) is 1. The zero-order valence-electron chi connectivity index (χ0n) is 9.85. The Hall–Kier alpha value is -1.31. The molecule has 2 nitrogen and oxygen atoms in total. The Balaban J connectivity index is 3.27. The van der Waals surface area contributed by atoms with Gasteiger partial charge in [-0.15, -0.1) is 0 Å². The molecular weight excluding hydrogens is 188 g/mol. The molecular formula is C13H18O2. The second kappa shape index (κ2) is 4.47. The van der Waals surface area contributed by atoms with E-state index in [9.17, 15) is 4.79 Å². The molecule has 82 valence electrons. The summed E-state index contributed by atoms with van der Waals surface area (Å²) in [6.07, 6.45) is 1.13. The number of carboxylic acids is 1. The van der Waals surface area contributed by atoms with E-state index < -0.39 is 5.97 Å². The number of carbonyl (C=O) groups is 1. The third-order valence-electron chi connectivity index (χ3n) is 3.06. The first-order valence-electron chi connectivity index (χ1n) is 5.27. The van der Waals surface area contributed by atoms with Crippen molar-refractivity contribution in [1.29, 1.82) is 0 Å². The number of hydrogen-bond donors (Lipinski definition) is 1. The number of rotatable bonds is 3. The molecule has 0 aromatic heterocycles. The quantitative estimate of drug-likeness (QED) is 0.825. The SMILES string of the molecule is CCc1c(C)cc(CC(=O)O)c(C)c1C. The summed E-state index contributed by atoms with van der Waals surface area (Å²) in [5, 5.41) is 8.80. The molecule has 1 aromatic carbocycles. The summed E-state index contributed by atoms with van der Waals surface area (Å²) in [6, 6.07) is 2.01. The highest BCUT2D eigenvalue weighted by molar-refractivity contribution is 5.71. The Morgan fingerprint density at radius 1 is 1.27 bits per heavy atom. The monoisotopic (exact) mass is 206 g/mol. The minimum atomic E-state index is -0.763. The van der Waals surface area contributed by atoms with Crippen LogP contribution < -0.4 is 0 Å². The van der Waals surface area contributed by atoms with Crippen molar-refractivity contribution >= 4 is 5.97 Å². The van der Waals surface area contributed by atoms with E-state index in [-0.39, 0.29) is 6.42 Å². The van der Waals surface area contributed by atoms with Gasteiger partial charge in [-0.3, -0.25) is 4.79 Å². The maximum absolute atomic E-state index is 10.7. The first-order chi connectivity index (χ1) is 6.97. The molecule has 0 aliphatic carbocycles. The van der Waals surface area contributed by atoms with Crippen LogP contribution >= 0.6 is 0 Å². The van der Waals surface area contributed by atoms with Crippen LogP contribution in [0.4, 0.5) is 0 Å². The van der Waals surface area contributed by atoms with Gasteiger partial charge in [0.1, 0.15) is 0 Å². The fraction of sp³-hybridized carbons (Fsp3) is 0.462. The number of aryl methyl sites for hydroxylation is 1. The molecule has 0 aliphatic rings. The van der Waals surface area contributed by atoms with Crippen LogP contribution in [0, 0.1) is 20.8 Å². The second-order valence-corrected chi connectivity index (χ2v) is 4.01. The molecule has 0 saturated heterocycles. The Morgan fingerprint density at radius 3 is 2.33 bits per heavy atom. The van der Waals surface area contributed by atoms with Gasteiger partial charge in [-0.1, -0.05) is 13.0 Å². The van der Waals surface area contributed by atoms with Crippen LogP contribution in [0.25, 0.3) is 0 Å². The van der Waals surface area contributed by atoms with Crippen LogP contribution in [-0.4, -0.2) is 11.1 Å². The van der Waals surface area contributed by atoms with E-state index in [1.807, 2.05) is 13.0 Å². The smallest absolute Gasteiger partial charge is 0.307 e. The van der Waals surface area contributed by atoms with Gasteiger partial charge in [0, 0.05) is 0 Å². The predicted molar refractivity (Wildman–Crippen MR) is 61.4 cm³/mol. The minimum absolute atomic E-state index is 0.123. The molecule has 1 N–H and O–H groups in total. The molecule has 0 radical (unpaired) electrons. The lowest BCUT2D eigenvalue weighted by atomic mass is 9.91. The Morgan fingerprint density at radius 2 is 1.87 bits per heavy atom. The minimum Gasteiger partial charge on any atom is -0.481 e. The molecule has 0 atom stereocenters. The lowest BCUT2D eigenvalue weighted by Crippen LogP contribution is -2.06. The van der Waals surface area contributed by atoms with Crippen molar-refractivity contribution in [2.75, 3.05) is 0 Å². The fourth-order valence-electron chi connectivity index (χ4n) is 2.11. The third-order valence-corrected chi connectivity index (χ3v) is 3.06. The molecule has 1 rings (SSSR count). The van der Waals surface area contributed by atoms with Crippen molar-refractivity contribution in [2.45, 2.75) is 40.5 Å². The Labute approximate surface area is 90.9 Å². The van der Waals surface area contributed by atoms with Gasteiger partial charge in [0.2, 0.25) is 0 Å². The maximum atomic E-state index is 10.7. The molecule has 0 aliphatic heterocycles. The number of carboxylic acid groups (broad SMARTS) is 1. The van der Waals surface area contributed by atoms with Crippen molar-refractivity contribution in [3.8, 4) is 0 Å². The van der Waals surface area contributed by atoms with Crippen molar-refractivity contribution in [3.63, 3.8) is 0 Å². The van der Waals surface area contributed by atoms with Crippen molar-refractivity contribution < 1.29 is 9.90 Å². The predicted octanol–water partition coefficient (Wildman–Crippen LogP) is 2.80. The summed E-state index contributed by atoms with van der Waals surface area (Å²) in [6.45, 7) is 8.26. The third kappa shape index (κ3) is 2.38. The Kier molecular flexibility index (Phi) is 3.51. The fourth-order valence-corrected chi connectivity index (χ4v) is 2.11. The highest BCUT2D eigenvalue weighted by Gasteiger charge is 2.10. The van der Waals surface area contributed by atoms with E-state index in [1.165, 1.54) is 16.7 Å². The first kappa shape index (κ1) is 11.8. The zero-order valence-corrected chi connectivity index (χ0v) is 9.85. The lowest BCUT2D eigenvalue weighted by Gasteiger charge is -2.14. The van der Waals surface area contributed by atoms with Gasteiger partial charge in [0.25, 0.3) is 0 Å². The average Bonchev–Trinajstić information content (AvgIpc) is 2.14. The van der Waals surface area contributed by atoms with Crippen molar-refractivity contribution in [2.24, 2.45) is 0 Å². The lowest BCUT2D eigenvalue weighted by molar-refractivity contribution is -0.136. The van der Waals surface area contributed by atoms with Gasteiger partial charge in [-0.25, -0.2) is 0 Å². The molecule has 0 fully saturated rings. The van der Waals surface area contributed by atoms with E-state index in [4.69, 9.17) is 5.11 Å². The molecule has 0 bridgehead atoms. The van der Waals surface area contributed by atoms with Gasteiger partial charge >= 0.3 is 5.97 Å². The van der Waals surface area contributed by atoms with Gasteiger partial charge in [-0.2, -0.15) is 0 Å². The van der Waals surface area contributed by atoms with Crippen LogP contribution in [0.15, 0.2) is 6.07 Å². The summed E-state index contributed by atoms with van der Waals surface area (Å²) in [5.41, 5.74) is 5.86. The molecule has 2 heteroatoms. The van der Waals surface area contributed by atoms with E-state index in [0.717, 1.165) is 17.5 Å². The molecule has 0 unspecified atom stereocenters. The highest BCUT2D eigenvalue weighted by atomic mass is 16.4. The van der Waals surface area contributed by atoms with Gasteiger partial charge in [0.15, 0.2) is 0 Å². The summed E-state index contributed by atoms with van der Waals surface area (Å²) in [7, 11) is 0. The van der Waals surface area contributed by atoms with Gasteiger partial charge < -0.3 is 5.11 Å². The zero-order chi connectivity index (χ0) is 11.6.